The zero-order chi connectivity index (χ0) is 10.1. The molecule has 0 spiro atoms. The molecule has 0 saturated heterocycles. The summed E-state index contributed by atoms with van der Waals surface area (Å²) in [5.74, 6) is 0. The van der Waals surface area contributed by atoms with Crippen molar-refractivity contribution >= 4 is 21.4 Å². The molecule has 0 aliphatic carbocycles. The number of hydrogen-bond donors (Lipinski definition) is 1. The van der Waals surface area contributed by atoms with Crippen LogP contribution in [0.3, 0.4) is 0 Å². The van der Waals surface area contributed by atoms with Crippen molar-refractivity contribution in [1.82, 2.24) is 4.37 Å². The molecule has 1 aromatic heterocycles. The molecule has 0 fully saturated rings. The van der Waals surface area contributed by atoms with E-state index in [0.717, 1.165) is 6.26 Å². The highest BCUT2D eigenvalue weighted by atomic mass is 32.2. The van der Waals surface area contributed by atoms with Crippen LogP contribution in [0.4, 0.5) is 0 Å². The molecule has 0 aliphatic heterocycles. The lowest BCUT2D eigenvalue weighted by atomic mass is 10.2. The molecular formula is C7H11NO3S2. The third-order valence-electron chi connectivity index (χ3n) is 1.88. The minimum Gasteiger partial charge on any atom is -0.385 e. The molecule has 2 atom stereocenters. The van der Waals surface area contributed by atoms with Gasteiger partial charge in [0.15, 0.2) is 9.84 Å². The van der Waals surface area contributed by atoms with Crippen molar-refractivity contribution in [1.29, 1.82) is 0 Å². The molecule has 1 heterocycles. The first kappa shape index (κ1) is 10.6. The Morgan fingerprint density at radius 2 is 2.23 bits per heavy atom. The van der Waals surface area contributed by atoms with Gasteiger partial charge in [-0.1, -0.05) is 0 Å². The topological polar surface area (TPSA) is 67.3 Å². The molecule has 1 aromatic rings. The smallest absolute Gasteiger partial charge is 0.152 e. The molecule has 74 valence electrons. The van der Waals surface area contributed by atoms with Crippen molar-refractivity contribution in [2.45, 2.75) is 18.3 Å². The lowest BCUT2D eigenvalue weighted by Gasteiger charge is -2.14. The van der Waals surface area contributed by atoms with Crippen molar-refractivity contribution < 1.29 is 13.5 Å². The Hall–Kier alpha value is -0.460. The van der Waals surface area contributed by atoms with Crippen LogP contribution in [0, 0.1) is 0 Å². The van der Waals surface area contributed by atoms with Crippen molar-refractivity contribution in [2.24, 2.45) is 0 Å². The van der Waals surface area contributed by atoms with Crippen LogP contribution in [0.5, 0.6) is 0 Å². The van der Waals surface area contributed by atoms with E-state index in [1.54, 1.807) is 11.4 Å². The minimum atomic E-state index is -3.21. The Balaban J connectivity index is 2.86. The second-order valence-corrected chi connectivity index (χ2v) is 5.97. The summed E-state index contributed by atoms with van der Waals surface area (Å²) in [6, 6.07) is 1.62. The van der Waals surface area contributed by atoms with Crippen LogP contribution in [-0.2, 0) is 9.84 Å². The predicted octanol–water partition coefficient (Wildman–Crippen LogP) is 0.610. The van der Waals surface area contributed by atoms with Crippen molar-refractivity contribution in [3.05, 3.63) is 17.1 Å². The fourth-order valence-corrected chi connectivity index (χ4v) is 2.01. The normalized spacial score (nSPS) is 16.8. The fourth-order valence-electron chi connectivity index (χ4n) is 0.849. The zero-order valence-electron chi connectivity index (χ0n) is 7.34. The van der Waals surface area contributed by atoms with Gasteiger partial charge in [0.1, 0.15) is 6.10 Å². The van der Waals surface area contributed by atoms with Crippen LogP contribution in [0.2, 0.25) is 0 Å². The summed E-state index contributed by atoms with van der Waals surface area (Å²) in [6.45, 7) is 1.47. The summed E-state index contributed by atoms with van der Waals surface area (Å²) in [4.78, 5) is 0. The number of aromatic nitrogens is 1. The van der Waals surface area contributed by atoms with Gasteiger partial charge in [0.05, 0.1) is 10.9 Å². The molecule has 6 heteroatoms. The molecule has 1 rings (SSSR count). The third-order valence-corrected chi connectivity index (χ3v) is 4.06. The summed E-state index contributed by atoms with van der Waals surface area (Å²) in [6.07, 6.45) is 0.0778. The maximum Gasteiger partial charge on any atom is 0.152 e. The molecule has 2 unspecified atom stereocenters. The van der Waals surface area contributed by atoms with Crippen LogP contribution in [-0.4, -0.2) is 29.4 Å². The largest absolute Gasteiger partial charge is 0.385 e. The van der Waals surface area contributed by atoms with Crippen LogP contribution in [0.25, 0.3) is 0 Å². The Morgan fingerprint density at radius 1 is 1.62 bits per heavy atom. The maximum absolute atomic E-state index is 11.1. The van der Waals surface area contributed by atoms with Gasteiger partial charge in [-0.05, 0) is 24.5 Å². The summed E-state index contributed by atoms with van der Waals surface area (Å²) in [5.41, 5.74) is 0.419. The van der Waals surface area contributed by atoms with Crippen LogP contribution in [0.1, 0.15) is 18.7 Å². The lowest BCUT2D eigenvalue weighted by Crippen LogP contribution is -2.24. The highest BCUT2D eigenvalue weighted by Gasteiger charge is 2.26. The molecule has 0 aliphatic rings. The van der Waals surface area contributed by atoms with Gasteiger partial charge >= 0.3 is 0 Å². The van der Waals surface area contributed by atoms with Gasteiger partial charge in [-0.25, -0.2) is 8.42 Å². The van der Waals surface area contributed by atoms with Gasteiger partial charge in [0.2, 0.25) is 0 Å². The Morgan fingerprint density at radius 3 is 2.62 bits per heavy atom. The van der Waals surface area contributed by atoms with E-state index >= 15 is 0 Å². The van der Waals surface area contributed by atoms with Gasteiger partial charge in [-0.15, -0.1) is 0 Å². The SMILES string of the molecule is CC(C(O)c1ccsn1)S(C)(=O)=O. The van der Waals surface area contributed by atoms with E-state index in [9.17, 15) is 13.5 Å². The Bertz CT molecular complexity index is 357. The molecule has 1 N–H and O–H groups in total. The second-order valence-electron chi connectivity index (χ2n) is 2.90. The van der Waals surface area contributed by atoms with E-state index in [4.69, 9.17) is 0 Å². The molecule has 0 bridgehead atoms. The van der Waals surface area contributed by atoms with Crippen molar-refractivity contribution in [3.63, 3.8) is 0 Å². The Kier molecular flexibility index (Phi) is 3.05. The van der Waals surface area contributed by atoms with Crippen molar-refractivity contribution in [2.75, 3.05) is 6.26 Å². The molecule has 13 heavy (non-hydrogen) atoms. The average Bonchev–Trinajstić information content (AvgIpc) is 2.51. The molecular weight excluding hydrogens is 210 g/mol. The summed E-state index contributed by atoms with van der Waals surface area (Å²) < 4.78 is 26.0. The molecule has 0 aromatic carbocycles. The average molecular weight is 221 g/mol. The second kappa shape index (κ2) is 3.73. The number of sulfone groups is 1. The maximum atomic E-state index is 11.1. The predicted molar refractivity (Wildman–Crippen MR) is 51.4 cm³/mol. The van der Waals surface area contributed by atoms with Crippen LogP contribution >= 0.6 is 11.5 Å². The van der Waals surface area contributed by atoms with E-state index in [0.29, 0.717) is 5.69 Å². The lowest BCUT2D eigenvalue weighted by molar-refractivity contribution is 0.172. The van der Waals surface area contributed by atoms with Crippen LogP contribution in [0.15, 0.2) is 11.4 Å². The Labute approximate surface area is 81.3 Å². The van der Waals surface area contributed by atoms with Gasteiger partial charge in [0.25, 0.3) is 0 Å². The molecule has 4 nitrogen and oxygen atoms in total. The monoisotopic (exact) mass is 221 g/mol. The standard InChI is InChI=1S/C7H11NO3S2/c1-5(13(2,10)11)7(9)6-3-4-12-8-6/h3-5,7,9H,1-2H3. The fraction of sp³-hybridized carbons (Fsp3) is 0.571. The number of rotatable bonds is 3. The summed E-state index contributed by atoms with van der Waals surface area (Å²) in [7, 11) is -3.21. The first-order chi connectivity index (χ1) is 5.93. The molecule has 0 radical (unpaired) electrons. The molecule has 0 saturated carbocycles. The quantitative estimate of drug-likeness (QED) is 0.812. The number of aliphatic hydroxyl groups is 1. The van der Waals surface area contributed by atoms with Gasteiger partial charge < -0.3 is 5.11 Å². The van der Waals surface area contributed by atoms with E-state index in [2.05, 4.69) is 4.37 Å². The summed E-state index contributed by atoms with van der Waals surface area (Å²) >= 11 is 1.19. The number of hydrogen-bond acceptors (Lipinski definition) is 5. The van der Waals surface area contributed by atoms with Gasteiger partial charge in [0, 0.05) is 11.6 Å². The van der Waals surface area contributed by atoms with E-state index < -0.39 is 21.2 Å². The minimum absolute atomic E-state index is 0.419. The van der Waals surface area contributed by atoms with E-state index in [-0.39, 0.29) is 0 Å². The van der Waals surface area contributed by atoms with E-state index in [1.807, 2.05) is 0 Å². The highest BCUT2D eigenvalue weighted by Crippen LogP contribution is 2.20. The first-order valence-corrected chi connectivity index (χ1v) is 6.49. The number of nitrogens with zero attached hydrogens (tertiary/aromatic N) is 1. The van der Waals surface area contributed by atoms with E-state index in [1.165, 1.54) is 18.5 Å². The van der Waals surface area contributed by atoms with Crippen LogP contribution < -0.4 is 0 Å². The molecule has 0 amide bonds. The summed E-state index contributed by atoms with van der Waals surface area (Å²) in [5, 5.41) is 10.5. The van der Waals surface area contributed by atoms with Crippen molar-refractivity contribution in [3.8, 4) is 0 Å². The first-order valence-electron chi connectivity index (χ1n) is 3.70. The third kappa shape index (κ3) is 2.49. The zero-order valence-corrected chi connectivity index (χ0v) is 8.97. The number of aliphatic hydroxyl groups excluding tert-OH is 1. The highest BCUT2D eigenvalue weighted by molar-refractivity contribution is 7.91. The van der Waals surface area contributed by atoms with Gasteiger partial charge in [-0.2, -0.15) is 4.37 Å². The van der Waals surface area contributed by atoms with Gasteiger partial charge in [-0.3, -0.25) is 0 Å².